The van der Waals surface area contributed by atoms with Crippen molar-refractivity contribution in [3.63, 3.8) is 0 Å². The Balaban J connectivity index is 1.78. The Morgan fingerprint density at radius 2 is 1.93 bits per heavy atom. The minimum atomic E-state index is -3.41. The third kappa shape index (κ3) is 8.88. The van der Waals surface area contributed by atoms with Crippen LogP contribution in [0, 0.1) is 11.7 Å². The van der Waals surface area contributed by atoms with E-state index < -0.39 is 21.9 Å². The third-order valence-corrected chi connectivity index (χ3v) is 6.11. The second-order valence-corrected chi connectivity index (χ2v) is 10.5. The topological polar surface area (TPSA) is 64.6 Å². The molecule has 0 aromatic heterocycles. The lowest BCUT2D eigenvalue weighted by atomic mass is 10.1. The lowest BCUT2D eigenvalue weighted by Gasteiger charge is -2.19. The number of hydrogen-bond donors (Lipinski definition) is 1. The van der Waals surface area contributed by atoms with Crippen LogP contribution >= 0.6 is 0 Å². The summed E-state index contributed by atoms with van der Waals surface area (Å²) in [6, 6.07) is 4.07. The van der Waals surface area contributed by atoms with E-state index in [0.29, 0.717) is 31.1 Å². The summed E-state index contributed by atoms with van der Waals surface area (Å²) in [5, 5.41) is 0. The van der Waals surface area contributed by atoms with E-state index in [1.165, 1.54) is 6.07 Å². The zero-order valence-corrected chi connectivity index (χ0v) is 18.3. The quantitative estimate of drug-likeness (QED) is 0.508. The standard InChI is InChI=1S/C21H34FNO4S/c1-16(18-10-11-19(22)20(14-18)26-15-17-8-9-17)23-28(24,25)13-7-5-6-12-27-21(2,3)4/h10-11,14,16-17,23H,5-9,12-13,15H2,1-4H3/t16-/m1/s1. The summed E-state index contributed by atoms with van der Waals surface area (Å²) in [6.45, 7) is 8.90. The van der Waals surface area contributed by atoms with Gasteiger partial charge in [-0.2, -0.15) is 0 Å². The number of benzene rings is 1. The van der Waals surface area contributed by atoms with E-state index in [-0.39, 0.29) is 17.1 Å². The summed E-state index contributed by atoms with van der Waals surface area (Å²) in [5.74, 6) is 0.359. The molecule has 28 heavy (non-hydrogen) atoms. The Labute approximate surface area is 169 Å². The molecule has 7 heteroatoms. The number of nitrogens with one attached hydrogen (secondary N) is 1. The second kappa shape index (κ2) is 10.0. The fourth-order valence-corrected chi connectivity index (χ4v) is 4.11. The van der Waals surface area contributed by atoms with Gasteiger partial charge in [0.1, 0.15) is 0 Å². The van der Waals surface area contributed by atoms with Gasteiger partial charge in [0.15, 0.2) is 11.6 Å². The first-order chi connectivity index (χ1) is 13.1. The van der Waals surface area contributed by atoms with Gasteiger partial charge in [-0.15, -0.1) is 0 Å². The molecule has 0 radical (unpaired) electrons. The first-order valence-electron chi connectivity index (χ1n) is 10.1. The molecule has 1 aromatic rings. The van der Waals surface area contributed by atoms with Gasteiger partial charge in [-0.3, -0.25) is 0 Å². The van der Waals surface area contributed by atoms with Crippen molar-refractivity contribution in [1.29, 1.82) is 0 Å². The predicted octanol–water partition coefficient (Wildman–Crippen LogP) is 4.58. The highest BCUT2D eigenvalue weighted by atomic mass is 32.2. The molecule has 1 fully saturated rings. The van der Waals surface area contributed by atoms with Crippen LogP contribution in [0.25, 0.3) is 0 Å². The van der Waals surface area contributed by atoms with Gasteiger partial charge in [0.05, 0.1) is 18.0 Å². The van der Waals surface area contributed by atoms with Crippen LogP contribution in [0.15, 0.2) is 18.2 Å². The lowest BCUT2D eigenvalue weighted by molar-refractivity contribution is -0.00460. The first kappa shape index (κ1) is 23.1. The molecular weight excluding hydrogens is 381 g/mol. The molecule has 2 rings (SSSR count). The van der Waals surface area contributed by atoms with E-state index in [9.17, 15) is 12.8 Å². The number of ether oxygens (including phenoxy) is 2. The van der Waals surface area contributed by atoms with E-state index in [2.05, 4.69) is 4.72 Å². The number of hydrogen-bond acceptors (Lipinski definition) is 4. The molecule has 1 aromatic carbocycles. The van der Waals surface area contributed by atoms with Gasteiger partial charge in [0, 0.05) is 12.6 Å². The largest absolute Gasteiger partial charge is 0.490 e. The first-order valence-corrected chi connectivity index (χ1v) is 11.8. The molecule has 0 amide bonds. The van der Waals surface area contributed by atoms with Crippen LogP contribution in [0.2, 0.25) is 0 Å². The van der Waals surface area contributed by atoms with Crippen LogP contribution in [0.5, 0.6) is 5.75 Å². The van der Waals surface area contributed by atoms with Crippen molar-refractivity contribution in [1.82, 2.24) is 4.72 Å². The smallest absolute Gasteiger partial charge is 0.212 e. The molecule has 0 aliphatic heterocycles. The highest BCUT2D eigenvalue weighted by Crippen LogP contribution is 2.31. The number of halogens is 1. The van der Waals surface area contributed by atoms with Crippen molar-refractivity contribution in [3.8, 4) is 5.75 Å². The Morgan fingerprint density at radius 1 is 1.21 bits per heavy atom. The highest BCUT2D eigenvalue weighted by Gasteiger charge is 2.23. The molecule has 1 N–H and O–H groups in total. The summed E-state index contributed by atoms with van der Waals surface area (Å²) in [5.41, 5.74) is 0.522. The van der Waals surface area contributed by atoms with Crippen molar-refractivity contribution in [2.75, 3.05) is 19.0 Å². The molecule has 1 aliphatic rings. The summed E-state index contributed by atoms with van der Waals surface area (Å²) < 4.78 is 52.4. The van der Waals surface area contributed by atoms with E-state index >= 15 is 0 Å². The van der Waals surface area contributed by atoms with Crippen molar-refractivity contribution < 1.29 is 22.3 Å². The van der Waals surface area contributed by atoms with Gasteiger partial charge in [0.2, 0.25) is 10.0 Å². The molecule has 0 heterocycles. The molecule has 160 valence electrons. The van der Waals surface area contributed by atoms with Crippen LogP contribution in [-0.2, 0) is 14.8 Å². The van der Waals surface area contributed by atoms with Gasteiger partial charge >= 0.3 is 0 Å². The van der Waals surface area contributed by atoms with Crippen molar-refractivity contribution in [2.45, 2.75) is 71.4 Å². The minimum absolute atomic E-state index is 0.0685. The fraction of sp³-hybridized carbons (Fsp3) is 0.714. The van der Waals surface area contributed by atoms with Gasteiger partial charge < -0.3 is 9.47 Å². The Bertz CT molecular complexity index is 726. The maximum absolute atomic E-state index is 13.9. The van der Waals surface area contributed by atoms with Crippen LogP contribution in [0.4, 0.5) is 4.39 Å². The summed E-state index contributed by atoms with van der Waals surface area (Å²) in [4.78, 5) is 0. The normalized spacial score (nSPS) is 16.2. The summed E-state index contributed by atoms with van der Waals surface area (Å²) in [7, 11) is -3.41. The summed E-state index contributed by atoms with van der Waals surface area (Å²) >= 11 is 0. The van der Waals surface area contributed by atoms with Crippen LogP contribution < -0.4 is 9.46 Å². The van der Waals surface area contributed by atoms with Crippen LogP contribution in [-0.4, -0.2) is 33.0 Å². The van der Waals surface area contributed by atoms with Crippen molar-refractivity contribution in [2.24, 2.45) is 5.92 Å². The van der Waals surface area contributed by atoms with Crippen LogP contribution in [0.3, 0.4) is 0 Å². The maximum Gasteiger partial charge on any atom is 0.212 e. The molecule has 1 atom stereocenters. The molecule has 0 saturated heterocycles. The van der Waals surface area contributed by atoms with E-state index in [1.807, 2.05) is 20.8 Å². The lowest BCUT2D eigenvalue weighted by Crippen LogP contribution is -2.29. The van der Waals surface area contributed by atoms with Crippen molar-refractivity contribution in [3.05, 3.63) is 29.6 Å². The molecule has 0 spiro atoms. The van der Waals surface area contributed by atoms with E-state index in [4.69, 9.17) is 9.47 Å². The Hall–Kier alpha value is -1.18. The zero-order chi connectivity index (χ0) is 20.8. The maximum atomic E-state index is 13.9. The Morgan fingerprint density at radius 3 is 2.57 bits per heavy atom. The number of sulfonamides is 1. The van der Waals surface area contributed by atoms with Gasteiger partial charge in [-0.1, -0.05) is 12.5 Å². The predicted molar refractivity (Wildman–Crippen MR) is 110 cm³/mol. The monoisotopic (exact) mass is 415 g/mol. The highest BCUT2D eigenvalue weighted by molar-refractivity contribution is 7.89. The third-order valence-electron chi connectivity index (χ3n) is 4.58. The second-order valence-electron chi connectivity index (χ2n) is 8.62. The number of unbranched alkanes of at least 4 members (excludes halogenated alkanes) is 2. The van der Waals surface area contributed by atoms with Crippen LogP contribution in [0.1, 0.15) is 71.4 Å². The average Bonchev–Trinajstić information content (AvgIpc) is 3.40. The molecular formula is C21H34FNO4S. The molecule has 5 nitrogen and oxygen atoms in total. The van der Waals surface area contributed by atoms with Gasteiger partial charge in [-0.25, -0.2) is 17.5 Å². The average molecular weight is 416 g/mol. The molecule has 1 aliphatic carbocycles. The van der Waals surface area contributed by atoms with E-state index in [1.54, 1.807) is 19.1 Å². The van der Waals surface area contributed by atoms with Crippen molar-refractivity contribution >= 4 is 10.0 Å². The molecule has 1 saturated carbocycles. The SMILES string of the molecule is C[C@@H](NS(=O)(=O)CCCCCOC(C)(C)C)c1ccc(F)c(OCC2CC2)c1. The fourth-order valence-electron chi connectivity index (χ4n) is 2.74. The zero-order valence-electron chi connectivity index (χ0n) is 17.5. The molecule has 0 bridgehead atoms. The Kier molecular flexibility index (Phi) is 8.28. The summed E-state index contributed by atoms with van der Waals surface area (Å²) in [6.07, 6.45) is 4.46. The molecule has 0 unspecified atom stereocenters. The van der Waals surface area contributed by atoms with Gasteiger partial charge in [0.25, 0.3) is 0 Å². The van der Waals surface area contributed by atoms with Gasteiger partial charge in [-0.05, 0) is 77.0 Å². The van der Waals surface area contributed by atoms with E-state index in [0.717, 1.165) is 25.7 Å². The number of rotatable bonds is 12. The minimum Gasteiger partial charge on any atom is -0.490 e.